The average molecular weight is 474 g/mol. The number of aromatic hydroxyl groups is 1. The zero-order valence-corrected chi connectivity index (χ0v) is 19.3. The minimum absolute atomic E-state index is 0.0672. The smallest absolute Gasteiger partial charge is 0.307 e. The minimum atomic E-state index is -0.286. The van der Waals surface area contributed by atoms with E-state index in [1.54, 1.807) is 0 Å². The SMILES string of the molecule is CC(Oc1ccc(Cc2sc(=O)[nH]c2O)cc1)c1nc2ccc(OCc3ccccc3)cc2[nH]1. The number of nitrogens with one attached hydrogen (secondary N) is 2. The van der Waals surface area contributed by atoms with Gasteiger partial charge in [-0.2, -0.15) is 0 Å². The quantitative estimate of drug-likeness (QED) is 0.283. The van der Waals surface area contributed by atoms with Crippen molar-refractivity contribution >= 4 is 22.4 Å². The molecule has 34 heavy (non-hydrogen) atoms. The average Bonchev–Trinajstić information content (AvgIpc) is 3.41. The largest absolute Gasteiger partial charge is 0.494 e. The number of ether oxygens (including phenoxy) is 2. The van der Waals surface area contributed by atoms with E-state index in [1.807, 2.05) is 79.7 Å². The van der Waals surface area contributed by atoms with Gasteiger partial charge in [-0.3, -0.25) is 9.78 Å². The van der Waals surface area contributed by atoms with Crippen molar-refractivity contribution in [3.8, 4) is 17.4 Å². The topological polar surface area (TPSA) is 100 Å². The Balaban J connectivity index is 1.23. The molecule has 0 saturated heterocycles. The zero-order chi connectivity index (χ0) is 23.5. The molecule has 0 aliphatic carbocycles. The van der Waals surface area contributed by atoms with Gasteiger partial charge in [-0.25, -0.2) is 4.98 Å². The molecule has 0 aliphatic rings. The molecule has 3 aromatic carbocycles. The molecular weight excluding hydrogens is 450 g/mol. The highest BCUT2D eigenvalue weighted by Gasteiger charge is 2.14. The maximum Gasteiger partial charge on any atom is 0.307 e. The van der Waals surface area contributed by atoms with E-state index in [9.17, 15) is 9.90 Å². The van der Waals surface area contributed by atoms with E-state index in [4.69, 9.17) is 9.47 Å². The van der Waals surface area contributed by atoms with Crippen LogP contribution in [0.5, 0.6) is 17.4 Å². The van der Waals surface area contributed by atoms with Gasteiger partial charge in [0.25, 0.3) is 0 Å². The summed E-state index contributed by atoms with van der Waals surface area (Å²) in [5.74, 6) is 2.13. The van der Waals surface area contributed by atoms with Gasteiger partial charge in [-0.1, -0.05) is 53.8 Å². The molecule has 1 unspecified atom stereocenters. The van der Waals surface area contributed by atoms with Crippen LogP contribution in [0, 0.1) is 0 Å². The van der Waals surface area contributed by atoms with Crippen LogP contribution >= 0.6 is 11.3 Å². The molecule has 0 bridgehead atoms. The lowest BCUT2D eigenvalue weighted by molar-refractivity contribution is 0.218. The van der Waals surface area contributed by atoms with E-state index in [-0.39, 0.29) is 16.9 Å². The molecule has 0 aliphatic heterocycles. The highest BCUT2D eigenvalue weighted by Crippen LogP contribution is 2.26. The van der Waals surface area contributed by atoms with Crippen LogP contribution in [-0.4, -0.2) is 20.1 Å². The van der Waals surface area contributed by atoms with E-state index in [2.05, 4.69) is 15.0 Å². The molecule has 5 aromatic rings. The molecule has 0 fully saturated rings. The number of thiazole rings is 1. The van der Waals surface area contributed by atoms with Crippen molar-refractivity contribution in [2.75, 3.05) is 0 Å². The van der Waals surface area contributed by atoms with Crippen molar-refractivity contribution in [3.05, 3.63) is 104 Å². The van der Waals surface area contributed by atoms with Crippen molar-refractivity contribution < 1.29 is 14.6 Å². The first-order chi connectivity index (χ1) is 16.5. The normalized spacial score (nSPS) is 12.0. The van der Waals surface area contributed by atoms with Crippen LogP contribution in [-0.2, 0) is 13.0 Å². The summed E-state index contributed by atoms with van der Waals surface area (Å²) in [5.41, 5.74) is 3.81. The summed E-state index contributed by atoms with van der Waals surface area (Å²) in [5, 5.41) is 9.76. The van der Waals surface area contributed by atoms with Crippen LogP contribution in [0.2, 0.25) is 0 Å². The van der Waals surface area contributed by atoms with Crippen LogP contribution in [0.1, 0.15) is 34.9 Å². The first-order valence-corrected chi connectivity index (χ1v) is 11.7. The Kier molecular flexibility index (Phi) is 6.05. The fraction of sp³-hybridized carbons (Fsp3) is 0.154. The second kappa shape index (κ2) is 9.44. The first kappa shape index (κ1) is 21.8. The number of aromatic nitrogens is 3. The van der Waals surface area contributed by atoms with Crippen molar-refractivity contribution in [2.45, 2.75) is 26.1 Å². The molecule has 2 heterocycles. The Hall–Kier alpha value is -4.04. The van der Waals surface area contributed by atoms with Gasteiger partial charge >= 0.3 is 4.87 Å². The predicted octanol–water partition coefficient (Wildman–Crippen LogP) is 5.33. The highest BCUT2D eigenvalue weighted by molar-refractivity contribution is 7.09. The number of rotatable bonds is 8. The molecule has 3 N–H and O–H groups in total. The maximum atomic E-state index is 11.4. The lowest BCUT2D eigenvalue weighted by Gasteiger charge is -2.12. The predicted molar refractivity (Wildman–Crippen MR) is 132 cm³/mol. The van der Waals surface area contributed by atoms with Crippen molar-refractivity contribution in [3.63, 3.8) is 0 Å². The van der Waals surface area contributed by atoms with Crippen LogP contribution < -0.4 is 14.3 Å². The fourth-order valence-electron chi connectivity index (χ4n) is 3.63. The molecule has 1 atom stereocenters. The zero-order valence-electron chi connectivity index (χ0n) is 18.4. The van der Waals surface area contributed by atoms with E-state index in [0.717, 1.165) is 45.1 Å². The molecule has 0 amide bonds. The van der Waals surface area contributed by atoms with Gasteiger partial charge in [0.2, 0.25) is 5.88 Å². The van der Waals surface area contributed by atoms with Gasteiger partial charge in [0.15, 0.2) is 6.10 Å². The summed E-state index contributed by atoms with van der Waals surface area (Å²) >= 11 is 1.01. The van der Waals surface area contributed by atoms with Crippen LogP contribution in [0.4, 0.5) is 0 Å². The lowest BCUT2D eigenvalue weighted by Crippen LogP contribution is -2.05. The van der Waals surface area contributed by atoms with Gasteiger partial charge in [0.1, 0.15) is 23.9 Å². The van der Waals surface area contributed by atoms with E-state index in [0.29, 0.717) is 23.7 Å². The number of hydrogen-bond donors (Lipinski definition) is 3. The maximum absolute atomic E-state index is 11.4. The third-order valence-corrected chi connectivity index (χ3v) is 6.28. The Labute approximate surface area is 199 Å². The monoisotopic (exact) mass is 473 g/mol. The molecule has 8 heteroatoms. The Morgan fingerprint density at radius 1 is 0.971 bits per heavy atom. The number of aromatic amines is 2. The first-order valence-electron chi connectivity index (χ1n) is 10.9. The van der Waals surface area contributed by atoms with Crippen LogP contribution in [0.15, 0.2) is 77.6 Å². The van der Waals surface area contributed by atoms with E-state index < -0.39 is 0 Å². The molecule has 0 saturated carbocycles. The molecule has 5 rings (SSSR count). The molecule has 0 radical (unpaired) electrons. The van der Waals surface area contributed by atoms with Gasteiger partial charge in [-0.05, 0) is 42.3 Å². The fourth-order valence-corrected chi connectivity index (χ4v) is 4.39. The summed E-state index contributed by atoms with van der Waals surface area (Å²) in [6, 6.07) is 23.4. The molecular formula is C26H23N3O4S. The molecule has 2 aromatic heterocycles. The summed E-state index contributed by atoms with van der Waals surface area (Å²) in [7, 11) is 0. The van der Waals surface area contributed by atoms with Crippen molar-refractivity contribution in [1.29, 1.82) is 0 Å². The van der Waals surface area contributed by atoms with Gasteiger partial charge in [0, 0.05) is 12.5 Å². The number of fused-ring (bicyclic) bond motifs is 1. The standard InChI is InChI=1S/C26H23N3O4S/c1-16(33-19-9-7-17(8-10-19)13-23-25(30)29-26(31)34-23)24-27-21-12-11-20(14-22(21)28-24)32-15-18-5-3-2-4-6-18/h2-12,14,16,30H,13,15H2,1H3,(H,27,28)(H,29,31). The summed E-state index contributed by atoms with van der Waals surface area (Å²) in [6.45, 7) is 2.44. The Morgan fingerprint density at radius 2 is 1.74 bits per heavy atom. The van der Waals surface area contributed by atoms with E-state index >= 15 is 0 Å². The number of imidazole rings is 1. The summed E-state index contributed by atoms with van der Waals surface area (Å²) in [6.07, 6.45) is 0.189. The second-order valence-electron chi connectivity index (χ2n) is 7.94. The molecule has 0 spiro atoms. The third kappa shape index (κ3) is 4.97. The lowest BCUT2D eigenvalue weighted by atomic mass is 10.1. The summed E-state index contributed by atoms with van der Waals surface area (Å²) < 4.78 is 12.0. The summed E-state index contributed by atoms with van der Waals surface area (Å²) in [4.78, 5) is 22.1. The number of nitrogens with zero attached hydrogens (tertiary/aromatic N) is 1. The molecule has 172 valence electrons. The number of benzene rings is 3. The highest BCUT2D eigenvalue weighted by atomic mass is 32.1. The van der Waals surface area contributed by atoms with Crippen LogP contribution in [0.25, 0.3) is 11.0 Å². The van der Waals surface area contributed by atoms with Gasteiger partial charge in [-0.15, -0.1) is 0 Å². The number of H-pyrrole nitrogens is 2. The molecule has 7 nitrogen and oxygen atoms in total. The Morgan fingerprint density at radius 3 is 2.47 bits per heavy atom. The van der Waals surface area contributed by atoms with Gasteiger partial charge in [0.05, 0.1) is 15.9 Å². The second-order valence-corrected chi connectivity index (χ2v) is 9.01. The van der Waals surface area contributed by atoms with Crippen LogP contribution in [0.3, 0.4) is 0 Å². The minimum Gasteiger partial charge on any atom is -0.494 e. The number of hydrogen-bond acceptors (Lipinski definition) is 6. The van der Waals surface area contributed by atoms with Gasteiger partial charge < -0.3 is 19.6 Å². The third-order valence-electron chi connectivity index (χ3n) is 5.41. The van der Waals surface area contributed by atoms with E-state index in [1.165, 1.54) is 0 Å². The van der Waals surface area contributed by atoms with Crippen molar-refractivity contribution in [1.82, 2.24) is 15.0 Å². The van der Waals surface area contributed by atoms with Crippen molar-refractivity contribution in [2.24, 2.45) is 0 Å². The Bertz CT molecular complexity index is 1460.